The van der Waals surface area contributed by atoms with E-state index >= 15 is 0 Å². The molecule has 1 aliphatic rings. The molecule has 7 heteroatoms. The number of benzene rings is 2. The number of nitrogens with zero attached hydrogens (tertiary/aromatic N) is 1. The van der Waals surface area contributed by atoms with Gasteiger partial charge in [-0.15, -0.1) is 0 Å². The summed E-state index contributed by atoms with van der Waals surface area (Å²) in [5.41, 5.74) is 1.43. The molecule has 1 saturated heterocycles. The largest absolute Gasteiger partial charge is 0.467 e. The maximum Gasteiger partial charge on any atom is 0.257 e. The van der Waals surface area contributed by atoms with Crippen LogP contribution >= 0.6 is 0 Å². The summed E-state index contributed by atoms with van der Waals surface area (Å²) in [4.78, 5) is 14.6. The van der Waals surface area contributed by atoms with Crippen molar-refractivity contribution in [3.8, 4) is 11.1 Å². The van der Waals surface area contributed by atoms with E-state index in [2.05, 4.69) is 0 Å². The average Bonchev–Trinajstić information content (AvgIpc) is 3.35. The highest BCUT2D eigenvalue weighted by atomic mass is 32.2. The second-order valence-electron chi connectivity index (χ2n) is 7.13. The predicted octanol–water partition coefficient (Wildman–Crippen LogP) is 3.92. The Morgan fingerprint density at radius 1 is 1.07 bits per heavy atom. The van der Waals surface area contributed by atoms with Crippen LogP contribution in [0.2, 0.25) is 0 Å². The molecular weight excluding hydrogens is 393 g/mol. The third-order valence-electron chi connectivity index (χ3n) is 5.12. The zero-order chi connectivity index (χ0) is 20.4. The molecule has 29 heavy (non-hydrogen) atoms. The van der Waals surface area contributed by atoms with Crippen molar-refractivity contribution in [1.82, 2.24) is 4.90 Å². The Morgan fingerprint density at radius 3 is 2.48 bits per heavy atom. The van der Waals surface area contributed by atoms with E-state index in [0.29, 0.717) is 17.7 Å². The van der Waals surface area contributed by atoms with Crippen LogP contribution in [0.3, 0.4) is 0 Å². The number of amides is 1. The van der Waals surface area contributed by atoms with Gasteiger partial charge in [-0.2, -0.15) is 0 Å². The normalized spacial score (nSPS) is 17.9. The molecule has 1 amide bonds. The van der Waals surface area contributed by atoms with Crippen LogP contribution in [0.1, 0.15) is 22.5 Å². The van der Waals surface area contributed by atoms with Crippen LogP contribution in [0, 0.1) is 5.82 Å². The van der Waals surface area contributed by atoms with E-state index in [1.54, 1.807) is 18.2 Å². The Morgan fingerprint density at radius 2 is 1.86 bits per heavy atom. The maximum absolute atomic E-state index is 14.9. The van der Waals surface area contributed by atoms with Gasteiger partial charge in [0.25, 0.3) is 5.91 Å². The molecule has 1 fully saturated rings. The summed E-state index contributed by atoms with van der Waals surface area (Å²) in [6.07, 6.45) is 1.82. The van der Waals surface area contributed by atoms with Crippen LogP contribution in [0.5, 0.6) is 0 Å². The molecule has 2 aromatic carbocycles. The van der Waals surface area contributed by atoms with Crippen molar-refractivity contribution in [2.24, 2.45) is 0 Å². The van der Waals surface area contributed by atoms with Gasteiger partial charge in [0.05, 0.1) is 29.9 Å². The van der Waals surface area contributed by atoms with Crippen molar-refractivity contribution < 1.29 is 22.0 Å². The fourth-order valence-corrected chi connectivity index (χ4v) is 5.34. The van der Waals surface area contributed by atoms with E-state index in [9.17, 15) is 17.6 Å². The first-order chi connectivity index (χ1) is 13.9. The van der Waals surface area contributed by atoms with Gasteiger partial charge in [0.2, 0.25) is 0 Å². The minimum atomic E-state index is -3.21. The monoisotopic (exact) mass is 413 g/mol. The Bertz CT molecular complexity index is 1110. The molecule has 0 spiro atoms. The van der Waals surface area contributed by atoms with Crippen LogP contribution in [-0.4, -0.2) is 36.8 Å². The summed E-state index contributed by atoms with van der Waals surface area (Å²) in [5, 5.41) is 0. The van der Waals surface area contributed by atoms with Crippen molar-refractivity contribution in [3.05, 3.63) is 84.1 Å². The number of rotatable bonds is 5. The lowest BCUT2D eigenvalue weighted by Gasteiger charge is -2.27. The van der Waals surface area contributed by atoms with E-state index in [0.717, 1.165) is 5.56 Å². The topological polar surface area (TPSA) is 67.6 Å². The fraction of sp³-hybridized carbons (Fsp3) is 0.227. The Hall–Kier alpha value is -2.93. The number of carbonyl (C=O) groups excluding carboxylic acids is 1. The fourth-order valence-electron chi connectivity index (χ4n) is 3.61. The van der Waals surface area contributed by atoms with E-state index < -0.39 is 27.6 Å². The summed E-state index contributed by atoms with van der Waals surface area (Å²) in [6, 6.07) is 16.7. The minimum Gasteiger partial charge on any atom is -0.467 e. The van der Waals surface area contributed by atoms with Crippen molar-refractivity contribution >= 4 is 15.7 Å². The molecule has 0 N–H and O–H groups in total. The molecule has 0 bridgehead atoms. The average molecular weight is 413 g/mol. The van der Waals surface area contributed by atoms with Crippen LogP contribution in [0.4, 0.5) is 4.39 Å². The first-order valence-electron chi connectivity index (χ1n) is 9.32. The van der Waals surface area contributed by atoms with Crippen molar-refractivity contribution in [2.75, 3.05) is 11.5 Å². The summed E-state index contributed by atoms with van der Waals surface area (Å²) in [7, 11) is -3.21. The van der Waals surface area contributed by atoms with Gasteiger partial charge in [-0.3, -0.25) is 4.79 Å². The molecule has 2 heterocycles. The second-order valence-corrected chi connectivity index (χ2v) is 9.36. The van der Waals surface area contributed by atoms with Crippen LogP contribution < -0.4 is 0 Å². The highest BCUT2D eigenvalue weighted by Gasteiger charge is 2.36. The number of halogens is 1. The molecule has 0 saturated carbocycles. The quantitative estimate of drug-likeness (QED) is 0.636. The smallest absolute Gasteiger partial charge is 0.257 e. The van der Waals surface area contributed by atoms with Crippen molar-refractivity contribution in [3.63, 3.8) is 0 Å². The highest BCUT2D eigenvalue weighted by Crippen LogP contribution is 2.26. The highest BCUT2D eigenvalue weighted by molar-refractivity contribution is 7.91. The Balaban J connectivity index is 1.65. The number of sulfone groups is 1. The SMILES string of the molecule is O=C(c1ccc(-c2ccccc2)cc1F)N(Cc1ccco1)[C@@H]1CCS(=O)(=O)C1. The molecule has 0 unspecified atom stereocenters. The lowest BCUT2D eigenvalue weighted by Crippen LogP contribution is -2.40. The molecule has 1 atom stereocenters. The van der Waals surface area contributed by atoms with Crippen LogP contribution in [-0.2, 0) is 16.4 Å². The lowest BCUT2D eigenvalue weighted by molar-refractivity contribution is 0.0661. The minimum absolute atomic E-state index is 0.0228. The first kappa shape index (κ1) is 19.4. The van der Waals surface area contributed by atoms with E-state index in [1.807, 2.05) is 30.3 Å². The van der Waals surface area contributed by atoms with Gasteiger partial charge < -0.3 is 9.32 Å². The lowest BCUT2D eigenvalue weighted by atomic mass is 10.0. The van der Waals surface area contributed by atoms with Gasteiger partial charge in [-0.05, 0) is 41.8 Å². The van der Waals surface area contributed by atoms with Crippen LogP contribution in [0.15, 0.2) is 71.3 Å². The van der Waals surface area contributed by atoms with Crippen molar-refractivity contribution in [2.45, 2.75) is 19.0 Å². The van der Waals surface area contributed by atoms with Gasteiger partial charge in [-0.1, -0.05) is 36.4 Å². The molecule has 1 aromatic heterocycles. The first-order valence-corrected chi connectivity index (χ1v) is 11.1. The Labute approximate surface area is 168 Å². The maximum atomic E-state index is 14.9. The summed E-state index contributed by atoms with van der Waals surface area (Å²) < 4.78 is 44.1. The predicted molar refractivity (Wildman–Crippen MR) is 107 cm³/mol. The molecule has 3 aromatic rings. The summed E-state index contributed by atoms with van der Waals surface area (Å²) in [6.45, 7) is 0.0892. The standard InChI is InChI=1S/C22H20FNO4S/c23-21-13-17(16-5-2-1-3-6-16)8-9-20(21)22(25)24(14-19-7-4-11-28-19)18-10-12-29(26,27)15-18/h1-9,11,13,18H,10,12,14-15H2/t18-/m1/s1. The van der Waals surface area contributed by atoms with E-state index in [-0.39, 0.29) is 23.6 Å². The number of hydrogen-bond donors (Lipinski definition) is 0. The van der Waals surface area contributed by atoms with E-state index in [1.165, 1.54) is 23.3 Å². The third kappa shape index (κ3) is 4.24. The zero-order valence-corrected chi connectivity index (χ0v) is 16.4. The molecule has 1 aliphatic heterocycles. The molecule has 0 aliphatic carbocycles. The number of furan rings is 1. The van der Waals surface area contributed by atoms with Gasteiger partial charge >= 0.3 is 0 Å². The zero-order valence-electron chi connectivity index (χ0n) is 15.6. The summed E-state index contributed by atoms with van der Waals surface area (Å²) >= 11 is 0. The molecular formula is C22H20FNO4S. The van der Waals surface area contributed by atoms with Gasteiger partial charge in [0.15, 0.2) is 9.84 Å². The molecule has 5 nitrogen and oxygen atoms in total. The van der Waals surface area contributed by atoms with Crippen molar-refractivity contribution in [1.29, 1.82) is 0 Å². The van der Waals surface area contributed by atoms with Gasteiger partial charge in [0, 0.05) is 6.04 Å². The van der Waals surface area contributed by atoms with E-state index in [4.69, 9.17) is 4.42 Å². The number of hydrogen-bond acceptors (Lipinski definition) is 4. The molecule has 150 valence electrons. The summed E-state index contributed by atoms with van der Waals surface area (Å²) in [5.74, 6) is -0.760. The molecule has 0 radical (unpaired) electrons. The molecule has 4 rings (SSSR count). The van der Waals surface area contributed by atoms with Crippen LogP contribution in [0.25, 0.3) is 11.1 Å². The van der Waals surface area contributed by atoms with Gasteiger partial charge in [-0.25, -0.2) is 12.8 Å². The second kappa shape index (κ2) is 7.83. The number of carbonyl (C=O) groups is 1. The van der Waals surface area contributed by atoms with Gasteiger partial charge in [0.1, 0.15) is 11.6 Å². The Kier molecular flexibility index (Phi) is 5.24. The third-order valence-corrected chi connectivity index (χ3v) is 6.87.